The van der Waals surface area contributed by atoms with Gasteiger partial charge < -0.3 is 14.8 Å². The Labute approximate surface area is 184 Å². The summed E-state index contributed by atoms with van der Waals surface area (Å²) in [5.74, 6) is 0.758. The number of fused-ring (bicyclic) bond motifs is 2. The minimum atomic E-state index is -0.158. The van der Waals surface area contributed by atoms with Crippen molar-refractivity contribution in [1.82, 2.24) is 9.88 Å². The number of amides is 1. The molecule has 2 aliphatic heterocycles. The first-order valence-corrected chi connectivity index (χ1v) is 11.2. The molecular formula is C23H23N3O4S. The molecule has 160 valence electrons. The molecule has 0 aliphatic carbocycles. The molecule has 1 amide bonds. The maximum absolute atomic E-state index is 13.0. The maximum Gasteiger partial charge on any atom is 0.238 e. The van der Waals surface area contributed by atoms with Gasteiger partial charge >= 0.3 is 0 Å². The fourth-order valence-electron chi connectivity index (χ4n) is 4.20. The van der Waals surface area contributed by atoms with Gasteiger partial charge in [0, 0.05) is 11.6 Å². The predicted octanol–water partition coefficient (Wildman–Crippen LogP) is 4.39. The van der Waals surface area contributed by atoms with Crippen molar-refractivity contribution in [1.29, 1.82) is 0 Å². The lowest BCUT2D eigenvalue weighted by Crippen LogP contribution is -2.39. The average Bonchev–Trinajstić information content (AvgIpc) is 3.39. The summed E-state index contributed by atoms with van der Waals surface area (Å²) in [6, 6.07) is 11.5. The number of likely N-dealkylation sites (tertiary alicyclic amines) is 1. The number of aromatic nitrogens is 1. The first-order valence-electron chi connectivity index (χ1n) is 10.4. The SMILES string of the molecule is CC(=O)c1cc2c(cc1NC(=O)CN1CCCCC1c1nc3ccccc3s1)OCO2. The number of rotatable bonds is 5. The quantitative estimate of drug-likeness (QED) is 0.596. The van der Waals surface area contributed by atoms with E-state index in [0.717, 1.165) is 36.3 Å². The number of anilines is 1. The molecule has 5 rings (SSSR count). The first kappa shape index (κ1) is 20.0. The van der Waals surface area contributed by atoms with Gasteiger partial charge in [0.05, 0.1) is 28.5 Å². The highest BCUT2D eigenvalue weighted by Gasteiger charge is 2.29. The number of carbonyl (C=O) groups is 2. The Morgan fingerprint density at radius 3 is 2.81 bits per heavy atom. The van der Waals surface area contributed by atoms with Gasteiger partial charge in [-0.05, 0) is 44.5 Å². The van der Waals surface area contributed by atoms with Crippen molar-refractivity contribution < 1.29 is 19.1 Å². The average molecular weight is 438 g/mol. The third-order valence-corrected chi connectivity index (χ3v) is 6.86. The van der Waals surface area contributed by atoms with Crippen LogP contribution in [0.4, 0.5) is 5.69 Å². The lowest BCUT2D eigenvalue weighted by Gasteiger charge is -2.33. The number of nitrogens with one attached hydrogen (secondary N) is 1. The van der Waals surface area contributed by atoms with Crippen LogP contribution >= 0.6 is 11.3 Å². The number of ether oxygens (including phenoxy) is 2. The van der Waals surface area contributed by atoms with E-state index in [1.165, 1.54) is 11.6 Å². The van der Waals surface area contributed by atoms with E-state index in [4.69, 9.17) is 14.5 Å². The molecule has 0 radical (unpaired) electrons. The van der Waals surface area contributed by atoms with Crippen molar-refractivity contribution in [3.8, 4) is 11.5 Å². The van der Waals surface area contributed by atoms with Crippen molar-refractivity contribution in [2.75, 3.05) is 25.2 Å². The summed E-state index contributed by atoms with van der Waals surface area (Å²) in [5.41, 5.74) is 1.87. The highest BCUT2D eigenvalue weighted by Crippen LogP contribution is 2.38. The molecule has 31 heavy (non-hydrogen) atoms. The van der Waals surface area contributed by atoms with Crippen LogP contribution in [0.1, 0.15) is 47.6 Å². The molecule has 1 N–H and O–H groups in total. The van der Waals surface area contributed by atoms with Crippen LogP contribution in [-0.2, 0) is 4.79 Å². The van der Waals surface area contributed by atoms with Gasteiger partial charge in [-0.25, -0.2) is 4.98 Å². The lowest BCUT2D eigenvalue weighted by atomic mass is 10.0. The molecule has 1 atom stereocenters. The minimum absolute atomic E-state index is 0.113. The highest BCUT2D eigenvalue weighted by atomic mass is 32.1. The van der Waals surface area contributed by atoms with Crippen LogP contribution in [0.3, 0.4) is 0 Å². The second-order valence-corrected chi connectivity index (χ2v) is 8.92. The van der Waals surface area contributed by atoms with Crippen LogP contribution < -0.4 is 14.8 Å². The van der Waals surface area contributed by atoms with Gasteiger partial charge in [0.15, 0.2) is 17.3 Å². The van der Waals surface area contributed by atoms with Crippen molar-refractivity contribution in [2.45, 2.75) is 32.2 Å². The first-order chi connectivity index (χ1) is 15.1. The normalized spacial score (nSPS) is 18.3. The van der Waals surface area contributed by atoms with Crippen LogP contribution in [-0.4, -0.2) is 41.5 Å². The van der Waals surface area contributed by atoms with E-state index in [1.54, 1.807) is 23.5 Å². The summed E-state index contributed by atoms with van der Waals surface area (Å²) in [5, 5.41) is 3.97. The summed E-state index contributed by atoms with van der Waals surface area (Å²) in [4.78, 5) is 32.1. The molecule has 1 saturated heterocycles. The predicted molar refractivity (Wildman–Crippen MR) is 119 cm³/mol. The van der Waals surface area contributed by atoms with Crippen molar-refractivity contribution in [3.05, 3.63) is 47.0 Å². The second-order valence-electron chi connectivity index (χ2n) is 7.86. The summed E-state index contributed by atoms with van der Waals surface area (Å²) in [6.07, 6.45) is 3.16. The number of benzene rings is 2. The lowest BCUT2D eigenvalue weighted by molar-refractivity contribution is -0.118. The fourth-order valence-corrected chi connectivity index (χ4v) is 5.34. The van der Waals surface area contributed by atoms with Gasteiger partial charge in [-0.15, -0.1) is 11.3 Å². The number of nitrogens with zero attached hydrogens (tertiary/aromatic N) is 2. The molecule has 0 bridgehead atoms. The third kappa shape index (κ3) is 4.00. The Kier molecular flexibility index (Phi) is 5.33. The zero-order valence-corrected chi connectivity index (χ0v) is 18.0. The van der Waals surface area contributed by atoms with Crippen molar-refractivity contribution >= 4 is 38.9 Å². The van der Waals surface area contributed by atoms with Gasteiger partial charge in [-0.3, -0.25) is 14.5 Å². The van der Waals surface area contributed by atoms with Crippen LogP contribution in [0.2, 0.25) is 0 Å². The number of ketones is 1. The Hall–Kier alpha value is -2.97. The van der Waals surface area contributed by atoms with Crippen molar-refractivity contribution in [2.24, 2.45) is 0 Å². The van der Waals surface area contributed by atoms with E-state index in [9.17, 15) is 9.59 Å². The van der Waals surface area contributed by atoms with E-state index in [2.05, 4.69) is 16.3 Å². The van der Waals surface area contributed by atoms with Crippen LogP contribution in [0.5, 0.6) is 11.5 Å². The Balaban J connectivity index is 1.35. The fraction of sp³-hybridized carbons (Fsp3) is 0.348. The maximum atomic E-state index is 13.0. The Morgan fingerprint density at radius 2 is 2.00 bits per heavy atom. The van der Waals surface area contributed by atoms with Gasteiger partial charge in [-0.1, -0.05) is 18.6 Å². The topological polar surface area (TPSA) is 80.8 Å². The number of para-hydroxylation sites is 1. The smallest absolute Gasteiger partial charge is 0.238 e. The molecule has 0 spiro atoms. The van der Waals surface area contributed by atoms with Crippen molar-refractivity contribution in [3.63, 3.8) is 0 Å². The largest absolute Gasteiger partial charge is 0.454 e. The van der Waals surface area contributed by atoms with E-state index >= 15 is 0 Å². The van der Waals surface area contributed by atoms with E-state index in [-0.39, 0.29) is 31.1 Å². The van der Waals surface area contributed by atoms with E-state index in [1.807, 2.05) is 18.2 Å². The van der Waals surface area contributed by atoms with E-state index in [0.29, 0.717) is 22.7 Å². The van der Waals surface area contributed by atoms with Gasteiger partial charge in [0.2, 0.25) is 12.7 Å². The zero-order chi connectivity index (χ0) is 21.4. The van der Waals surface area contributed by atoms with Gasteiger partial charge in [-0.2, -0.15) is 0 Å². The summed E-state index contributed by atoms with van der Waals surface area (Å²) in [6.45, 7) is 2.67. The molecule has 3 aromatic rings. The molecule has 2 aliphatic rings. The summed E-state index contributed by atoms with van der Waals surface area (Å²) >= 11 is 1.70. The number of carbonyl (C=O) groups excluding carboxylic acids is 2. The molecule has 8 heteroatoms. The molecular weight excluding hydrogens is 414 g/mol. The number of thiazole rings is 1. The zero-order valence-electron chi connectivity index (χ0n) is 17.2. The Bertz CT molecular complexity index is 1130. The van der Waals surface area contributed by atoms with E-state index < -0.39 is 0 Å². The third-order valence-electron chi connectivity index (χ3n) is 5.72. The minimum Gasteiger partial charge on any atom is -0.454 e. The molecule has 1 fully saturated rings. The monoisotopic (exact) mass is 437 g/mol. The number of hydrogen-bond acceptors (Lipinski definition) is 7. The number of hydrogen-bond donors (Lipinski definition) is 1. The summed E-state index contributed by atoms with van der Waals surface area (Å²) < 4.78 is 11.9. The molecule has 1 aromatic heterocycles. The van der Waals surface area contributed by atoms with Crippen LogP contribution in [0, 0.1) is 0 Å². The number of Topliss-reactive ketones (excluding diaryl/α,β-unsaturated/α-hetero) is 1. The van der Waals surface area contributed by atoms with Gasteiger partial charge in [0.1, 0.15) is 5.01 Å². The summed E-state index contributed by atoms with van der Waals surface area (Å²) in [7, 11) is 0. The van der Waals surface area contributed by atoms with Crippen LogP contribution in [0.25, 0.3) is 10.2 Å². The molecule has 3 heterocycles. The molecule has 1 unspecified atom stereocenters. The second kappa shape index (κ2) is 8.28. The number of piperidine rings is 1. The van der Waals surface area contributed by atoms with Crippen LogP contribution in [0.15, 0.2) is 36.4 Å². The Morgan fingerprint density at radius 1 is 1.19 bits per heavy atom. The molecule has 7 nitrogen and oxygen atoms in total. The molecule has 2 aromatic carbocycles. The van der Waals surface area contributed by atoms with Gasteiger partial charge in [0.25, 0.3) is 0 Å². The molecule has 0 saturated carbocycles. The standard InChI is InChI=1S/C23H23N3O4S/c1-14(27)15-10-19-20(30-13-29-19)11-17(15)24-22(28)12-26-9-5-4-7-18(26)23-25-16-6-2-3-8-21(16)31-23/h2-3,6,8,10-11,18H,4-5,7,9,12-13H2,1H3,(H,24,28). The highest BCUT2D eigenvalue weighted by molar-refractivity contribution is 7.18.